The van der Waals surface area contributed by atoms with Gasteiger partial charge in [0, 0.05) is 30.6 Å². The molecule has 0 radical (unpaired) electrons. The van der Waals surface area contributed by atoms with Crippen molar-refractivity contribution >= 4 is 50.9 Å². The summed E-state index contributed by atoms with van der Waals surface area (Å²) in [6.45, 7) is 0.634. The van der Waals surface area contributed by atoms with Crippen LogP contribution in [0.2, 0.25) is 0 Å². The lowest BCUT2D eigenvalue weighted by molar-refractivity contribution is -0.140. The molecule has 1 unspecified atom stereocenters. The van der Waals surface area contributed by atoms with E-state index in [1.54, 1.807) is 48.7 Å². The molecule has 12 nitrogen and oxygen atoms in total. The molecule has 2 atom stereocenters. The Balaban J connectivity index is 1.05. The summed E-state index contributed by atoms with van der Waals surface area (Å²) < 4.78 is 42.7. The quantitative estimate of drug-likeness (QED) is 0.0985. The second kappa shape index (κ2) is 14.6. The minimum Gasteiger partial charge on any atom is -0.486 e. The number of ether oxygens (including phenoxy) is 2. The SMILES string of the molecule is O=C(NCCNS(=O)(=O)c1ccc(-c2ccccn2)s1)C(=O)[C@H](Cc1ccccc1)NC(=O)C1Cc2cc3c(cc2SN1)OCCO3. The van der Waals surface area contributed by atoms with Crippen molar-refractivity contribution in [2.75, 3.05) is 26.3 Å². The molecule has 4 N–H and O–H groups in total. The number of amides is 2. The molecule has 2 aliphatic heterocycles. The zero-order valence-corrected chi connectivity index (χ0v) is 27.4. The van der Waals surface area contributed by atoms with Crippen molar-refractivity contribution in [3.63, 3.8) is 0 Å². The van der Waals surface area contributed by atoms with E-state index in [-0.39, 0.29) is 23.7 Å². The fourth-order valence-electron chi connectivity index (χ4n) is 5.03. The summed E-state index contributed by atoms with van der Waals surface area (Å²) in [5.41, 5.74) is 2.32. The van der Waals surface area contributed by atoms with Crippen molar-refractivity contribution in [2.24, 2.45) is 0 Å². The highest BCUT2D eigenvalue weighted by atomic mass is 32.2. The highest BCUT2D eigenvalue weighted by Crippen LogP contribution is 2.39. The summed E-state index contributed by atoms with van der Waals surface area (Å²) >= 11 is 2.36. The van der Waals surface area contributed by atoms with Gasteiger partial charge in [0.1, 0.15) is 29.5 Å². The summed E-state index contributed by atoms with van der Waals surface area (Å²) in [7, 11) is -3.85. The number of nitrogens with zero attached hydrogens (tertiary/aromatic N) is 1. The van der Waals surface area contributed by atoms with Gasteiger partial charge in [-0.05, 0) is 65.9 Å². The van der Waals surface area contributed by atoms with Gasteiger partial charge < -0.3 is 20.1 Å². The first kappa shape index (κ1) is 32.7. The van der Waals surface area contributed by atoms with Crippen LogP contribution in [-0.2, 0) is 37.2 Å². The van der Waals surface area contributed by atoms with Crippen LogP contribution < -0.4 is 29.6 Å². The Morgan fingerprint density at radius 2 is 1.72 bits per heavy atom. The van der Waals surface area contributed by atoms with Gasteiger partial charge in [0.25, 0.3) is 5.91 Å². The Hall–Kier alpha value is -4.28. The molecule has 244 valence electrons. The Morgan fingerprint density at radius 1 is 0.957 bits per heavy atom. The molecule has 0 bridgehead atoms. The van der Waals surface area contributed by atoms with Gasteiger partial charge in [-0.15, -0.1) is 11.3 Å². The van der Waals surface area contributed by atoms with E-state index in [0.717, 1.165) is 27.4 Å². The maximum absolute atomic E-state index is 13.4. The molecule has 2 aromatic heterocycles. The highest BCUT2D eigenvalue weighted by Gasteiger charge is 2.32. The van der Waals surface area contributed by atoms with E-state index >= 15 is 0 Å². The molecule has 4 aromatic rings. The fourth-order valence-corrected chi connectivity index (χ4v) is 8.29. The lowest BCUT2D eigenvalue weighted by atomic mass is 10.00. The maximum Gasteiger partial charge on any atom is 0.289 e. The Labute approximate surface area is 279 Å². The number of rotatable bonds is 12. The van der Waals surface area contributed by atoms with Crippen LogP contribution in [-0.4, -0.2) is 69.4 Å². The predicted octanol–water partition coefficient (Wildman–Crippen LogP) is 2.49. The highest BCUT2D eigenvalue weighted by molar-refractivity contribution is 7.97. The summed E-state index contributed by atoms with van der Waals surface area (Å²) in [4.78, 5) is 45.6. The van der Waals surface area contributed by atoms with E-state index in [4.69, 9.17) is 9.47 Å². The summed E-state index contributed by atoms with van der Waals surface area (Å²) in [6, 6.07) is 19.5. The lowest BCUT2D eigenvalue weighted by Crippen LogP contribution is -2.54. The van der Waals surface area contributed by atoms with E-state index in [0.29, 0.717) is 41.7 Å². The van der Waals surface area contributed by atoms with Crippen LogP contribution in [0.4, 0.5) is 0 Å². The number of sulfonamides is 1. The molecule has 15 heteroatoms. The third-order valence-electron chi connectivity index (χ3n) is 7.38. The molecular weight excluding hydrogens is 663 g/mol. The molecule has 0 spiro atoms. The van der Waals surface area contributed by atoms with E-state index in [2.05, 4.69) is 25.1 Å². The van der Waals surface area contributed by atoms with Gasteiger partial charge in [-0.3, -0.25) is 19.4 Å². The molecule has 6 rings (SSSR count). The number of carbonyl (C=O) groups excluding carboxylic acids is 3. The van der Waals surface area contributed by atoms with E-state index in [1.807, 2.05) is 24.3 Å². The normalized spacial score (nSPS) is 16.0. The van der Waals surface area contributed by atoms with Crippen LogP contribution in [0.5, 0.6) is 11.5 Å². The number of fused-ring (bicyclic) bond motifs is 2. The third-order valence-corrected chi connectivity index (χ3v) is 11.4. The van der Waals surface area contributed by atoms with Crippen LogP contribution in [0.1, 0.15) is 11.1 Å². The molecular formula is C32H31N5O7S3. The monoisotopic (exact) mass is 693 g/mol. The van der Waals surface area contributed by atoms with Crippen molar-refractivity contribution in [1.82, 2.24) is 25.1 Å². The van der Waals surface area contributed by atoms with E-state index in [1.165, 1.54) is 18.0 Å². The smallest absolute Gasteiger partial charge is 0.289 e. The average molecular weight is 694 g/mol. The molecule has 0 aliphatic carbocycles. The number of benzene rings is 2. The first-order valence-corrected chi connectivity index (χ1v) is 17.9. The second-order valence-electron chi connectivity index (χ2n) is 10.7. The van der Waals surface area contributed by atoms with Crippen molar-refractivity contribution in [3.05, 3.63) is 90.1 Å². The van der Waals surface area contributed by atoms with Crippen molar-refractivity contribution < 1.29 is 32.3 Å². The Morgan fingerprint density at radius 3 is 2.49 bits per heavy atom. The number of carbonyl (C=O) groups is 3. The third kappa shape index (κ3) is 8.00. The van der Waals surface area contributed by atoms with E-state index < -0.39 is 39.7 Å². The first-order valence-electron chi connectivity index (χ1n) is 14.8. The van der Waals surface area contributed by atoms with Gasteiger partial charge in [0.2, 0.25) is 21.7 Å². The zero-order valence-electron chi connectivity index (χ0n) is 24.9. The molecule has 2 aliphatic rings. The maximum atomic E-state index is 13.4. The summed E-state index contributed by atoms with van der Waals surface area (Å²) in [6.07, 6.45) is 2.07. The van der Waals surface area contributed by atoms with Gasteiger partial charge in [0.15, 0.2) is 11.5 Å². The van der Waals surface area contributed by atoms with Crippen LogP contribution in [0.3, 0.4) is 0 Å². The van der Waals surface area contributed by atoms with Gasteiger partial charge in [-0.1, -0.05) is 36.4 Å². The molecule has 2 aromatic carbocycles. The number of aromatic nitrogens is 1. The summed E-state index contributed by atoms with van der Waals surface area (Å²) in [5.74, 6) is -0.932. The number of ketones is 1. The zero-order chi connectivity index (χ0) is 32.8. The van der Waals surface area contributed by atoms with Gasteiger partial charge in [-0.25, -0.2) is 17.9 Å². The Bertz CT molecular complexity index is 1870. The van der Waals surface area contributed by atoms with Gasteiger partial charge in [0.05, 0.1) is 10.6 Å². The van der Waals surface area contributed by atoms with Gasteiger partial charge >= 0.3 is 0 Å². The minimum absolute atomic E-state index is 0.0948. The molecule has 2 amide bonds. The number of nitrogens with one attached hydrogen (secondary N) is 4. The number of pyridine rings is 1. The minimum atomic E-state index is -3.85. The molecule has 47 heavy (non-hydrogen) atoms. The number of hydrogen-bond donors (Lipinski definition) is 4. The van der Waals surface area contributed by atoms with Crippen LogP contribution in [0.15, 0.2) is 88.1 Å². The number of Topliss-reactive ketones (excluding diaryl/α,β-unsaturated/α-hetero) is 1. The number of hydrogen-bond acceptors (Lipinski definition) is 11. The Kier molecular flexibility index (Phi) is 10.2. The van der Waals surface area contributed by atoms with E-state index in [9.17, 15) is 22.8 Å². The lowest BCUT2D eigenvalue weighted by Gasteiger charge is -2.28. The topological polar surface area (TPSA) is 165 Å². The molecule has 0 fully saturated rings. The van der Waals surface area contributed by atoms with Crippen molar-refractivity contribution in [2.45, 2.75) is 34.0 Å². The molecule has 0 saturated heterocycles. The summed E-state index contributed by atoms with van der Waals surface area (Å²) in [5, 5.41) is 5.24. The van der Waals surface area contributed by atoms with Gasteiger partial charge in [-0.2, -0.15) is 0 Å². The molecule has 0 saturated carbocycles. The second-order valence-corrected chi connectivity index (χ2v) is 14.6. The molecule has 4 heterocycles. The van der Waals surface area contributed by atoms with Crippen LogP contribution in [0.25, 0.3) is 10.6 Å². The predicted molar refractivity (Wildman–Crippen MR) is 177 cm³/mol. The van der Waals surface area contributed by atoms with Crippen molar-refractivity contribution in [1.29, 1.82) is 0 Å². The van der Waals surface area contributed by atoms with Crippen LogP contribution in [0, 0.1) is 0 Å². The standard InChI is InChI=1S/C32H31N5O7S3/c38-30(32(40)34-12-13-35-47(41,42)29-10-9-27(45-29)22-8-4-5-11-33-22)23(16-20-6-2-1-3-7-20)36-31(39)24-17-21-18-25-26(44-15-14-43-25)19-28(21)46-37-24/h1-11,18-19,23-24,35,37H,12-17H2,(H,34,40)(H,36,39)/t23-,24?/m0/s1. The van der Waals surface area contributed by atoms with Crippen LogP contribution >= 0.6 is 23.3 Å². The first-order chi connectivity index (χ1) is 22.8. The van der Waals surface area contributed by atoms with Crippen molar-refractivity contribution in [3.8, 4) is 22.1 Å². The largest absolute Gasteiger partial charge is 0.486 e. The average Bonchev–Trinajstić information content (AvgIpc) is 3.61. The number of thiophene rings is 1. The fraction of sp³-hybridized carbons (Fsp3) is 0.250.